The van der Waals surface area contributed by atoms with Gasteiger partial charge in [0.15, 0.2) is 34.5 Å². The lowest BCUT2D eigenvalue weighted by Crippen LogP contribution is -2.16. The van der Waals surface area contributed by atoms with Crippen LogP contribution in [0.2, 0.25) is 0 Å². The number of rotatable bonds is 13. The Morgan fingerprint density at radius 1 is 0.729 bits per heavy atom. The predicted octanol–water partition coefficient (Wildman–Crippen LogP) is 6.11. The number of nitrogens with zero attached hydrogens (tertiary/aromatic N) is 3. The molecule has 6 aromatic rings. The lowest BCUT2D eigenvalue weighted by atomic mass is 9.98. The highest BCUT2D eigenvalue weighted by molar-refractivity contribution is 6.22. The molecular weight excluding hydrogens is 614 g/mol. The molecule has 0 aliphatic carbocycles. The number of benzene rings is 3. The van der Waals surface area contributed by atoms with Crippen molar-refractivity contribution in [2.24, 2.45) is 0 Å². The maximum Gasteiger partial charge on any atom is 0.361 e. The van der Waals surface area contributed by atoms with Crippen LogP contribution in [0.3, 0.4) is 0 Å². The third kappa shape index (κ3) is 6.14. The zero-order chi connectivity index (χ0) is 34.1. The van der Waals surface area contributed by atoms with Crippen molar-refractivity contribution in [1.82, 2.24) is 14.2 Å². The number of hydrogen-bond acceptors (Lipinski definition) is 10. The van der Waals surface area contributed by atoms with Gasteiger partial charge in [-0.05, 0) is 88.4 Å². The third-order valence-electron chi connectivity index (χ3n) is 8.41. The van der Waals surface area contributed by atoms with Crippen molar-refractivity contribution in [3.8, 4) is 45.6 Å². The van der Waals surface area contributed by atoms with E-state index in [4.69, 9.17) is 23.4 Å². The maximum atomic E-state index is 13.9. The molecule has 6 rings (SSSR count). The number of methoxy groups -OCH3 is 2. The van der Waals surface area contributed by atoms with Crippen molar-refractivity contribution < 1.29 is 33.6 Å². The van der Waals surface area contributed by atoms with Gasteiger partial charge in [-0.1, -0.05) is 6.07 Å². The van der Waals surface area contributed by atoms with E-state index in [-0.39, 0.29) is 17.2 Å². The van der Waals surface area contributed by atoms with Gasteiger partial charge in [0.25, 0.3) is 0 Å². The Bertz CT molecular complexity index is 2180. The SMILES string of the molecule is COc1ccc(-c2c3c4cc(OCCCN(C)C)c(OCCCN(C)C)cc4oc(=O)c3n3ccc4cc(O)c(OC)cc4c23)cc1O. The van der Waals surface area contributed by atoms with Crippen LogP contribution in [0.25, 0.3) is 49.3 Å². The van der Waals surface area contributed by atoms with E-state index in [1.807, 2.05) is 46.4 Å². The molecule has 3 aromatic carbocycles. The van der Waals surface area contributed by atoms with Crippen molar-refractivity contribution in [1.29, 1.82) is 0 Å². The highest BCUT2D eigenvalue weighted by Crippen LogP contribution is 2.46. The Labute approximate surface area is 278 Å². The number of aromatic nitrogens is 1. The van der Waals surface area contributed by atoms with Gasteiger partial charge in [-0.3, -0.25) is 0 Å². The molecule has 11 nitrogen and oxygen atoms in total. The quantitative estimate of drug-likeness (QED) is 0.112. The standard InChI is InChI=1S/C37H41N3O8/c1-38(2)12-7-15-46-31-20-25-29(21-32(31)47-16-8-13-39(3)4)48-37(43)36-34(25)33(23-9-10-28(44-5)26(41)18-23)35-24-19-30(45-6)27(42)17-22(24)11-14-40(35)36/h9-11,14,17-21,41-42H,7-8,12-13,15-16H2,1-6H3. The summed E-state index contributed by atoms with van der Waals surface area (Å²) in [5.74, 6) is 1.57. The second kappa shape index (κ2) is 13.5. The molecule has 252 valence electrons. The molecular formula is C37H41N3O8. The molecule has 0 aliphatic heterocycles. The van der Waals surface area contributed by atoms with Crippen LogP contribution in [0, 0.1) is 0 Å². The van der Waals surface area contributed by atoms with Gasteiger partial charge in [-0.25, -0.2) is 4.79 Å². The summed E-state index contributed by atoms with van der Waals surface area (Å²) < 4.78 is 31.2. The van der Waals surface area contributed by atoms with Gasteiger partial charge in [0.2, 0.25) is 0 Å². The molecule has 48 heavy (non-hydrogen) atoms. The molecule has 0 radical (unpaired) electrons. The highest BCUT2D eigenvalue weighted by atomic mass is 16.5. The van der Waals surface area contributed by atoms with Gasteiger partial charge in [-0.2, -0.15) is 0 Å². The van der Waals surface area contributed by atoms with Gasteiger partial charge in [-0.15, -0.1) is 0 Å². The first kappa shape index (κ1) is 32.8. The number of phenolic OH excluding ortho intramolecular Hbond substituents is 2. The van der Waals surface area contributed by atoms with E-state index in [0.717, 1.165) is 36.7 Å². The fraction of sp³-hybridized carbons (Fsp3) is 0.324. The number of ether oxygens (including phenoxy) is 4. The van der Waals surface area contributed by atoms with E-state index in [2.05, 4.69) is 9.80 Å². The van der Waals surface area contributed by atoms with Crippen LogP contribution in [0.1, 0.15) is 12.8 Å². The van der Waals surface area contributed by atoms with E-state index < -0.39 is 5.63 Å². The molecule has 0 amide bonds. The molecule has 0 saturated heterocycles. The first-order valence-corrected chi connectivity index (χ1v) is 15.8. The predicted molar refractivity (Wildman–Crippen MR) is 188 cm³/mol. The first-order chi connectivity index (χ1) is 23.1. The van der Waals surface area contributed by atoms with Gasteiger partial charge in [0, 0.05) is 47.1 Å². The minimum absolute atomic E-state index is 0.00626. The zero-order valence-electron chi connectivity index (χ0n) is 28.1. The Hall–Kier alpha value is -5.13. The summed E-state index contributed by atoms with van der Waals surface area (Å²) in [5.41, 5.74) is 2.10. The number of aromatic hydroxyl groups is 2. The molecule has 3 heterocycles. The summed E-state index contributed by atoms with van der Waals surface area (Å²) >= 11 is 0. The van der Waals surface area contributed by atoms with Crippen LogP contribution < -0.4 is 24.6 Å². The summed E-state index contributed by atoms with van der Waals surface area (Å²) in [7, 11) is 11.0. The van der Waals surface area contributed by atoms with Crippen molar-refractivity contribution in [2.75, 3.05) is 68.7 Å². The van der Waals surface area contributed by atoms with Crippen LogP contribution >= 0.6 is 0 Å². The molecule has 0 spiro atoms. The van der Waals surface area contributed by atoms with Crippen molar-refractivity contribution in [2.45, 2.75) is 12.8 Å². The Balaban J connectivity index is 1.68. The average Bonchev–Trinajstić information content (AvgIpc) is 3.41. The van der Waals surface area contributed by atoms with Crippen LogP contribution in [0.5, 0.6) is 34.5 Å². The summed E-state index contributed by atoms with van der Waals surface area (Å²) in [4.78, 5) is 18.1. The van der Waals surface area contributed by atoms with Crippen LogP contribution in [0.4, 0.5) is 0 Å². The molecule has 0 unspecified atom stereocenters. The normalized spacial score (nSPS) is 11.8. The summed E-state index contributed by atoms with van der Waals surface area (Å²) in [6.45, 7) is 2.63. The smallest absolute Gasteiger partial charge is 0.361 e. The van der Waals surface area contributed by atoms with Crippen molar-refractivity contribution >= 4 is 38.2 Å². The van der Waals surface area contributed by atoms with E-state index >= 15 is 0 Å². The van der Waals surface area contributed by atoms with E-state index in [0.29, 0.717) is 69.0 Å². The lowest BCUT2D eigenvalue weighted by Gasteiger charge is -2.16. The summed E-state index contributed by atoms with van der Waals surface area (Å²) in [5, 5.41) is 24.2. The summed E-state index contributed by atoms with van der Waals surface area (Å²) in [6, 6.07) is 13.9. The number of phenols is 2. The van der Waals surface area contributed by atoms with Crippen molar-refractivity contribution in [3.63, 3.8) is 0 Å². The first-order valence-electron chi connectivity index (χ1n) is 15.8. The number of hydrogen-bond donors (Lipinski definition) is 2. The molecule has 0 aliphatic rings. The maximum absolute atomic E-state index is 13.9. The minimum Gasteiger partial charge on any atom is -0.504 e. The minimum atomic E-state index is -0.542. The average molecular weight is 656 g/mol. The Morgan fingerprint density at radius 2 is 1.35 bits per heavy atom. The molecule has 11 heteroatoms. The zero-order valence-corrected chi connectivity index (χ0v) is 28.1. The molecule has 0 saturated carbocycles. The monoisotopic (exact) mass is 655 g/mol. The van der Waals surface area contributed by atoms with Crippen LogP contribution in [-0.4, -0.2) is 93.1 Å². The highest BCUT2D eigenvalue weighted by Gasteiger charge is 2.25. The number of pyridine rings is 1. The number of fused-ring (bicyclic) bond motifs is 7. The van der Waals surface area contributed by atoms with Crippen LogP contribution in [-0.2, 0) is 0 Å². The Morgan fingerprint density at radius 3 is 1.98 bits per heavy atom. The second-order valence-electron chi connectivity index (χ2n) is 12.3. The van der Waals surface area contributed by atoms with E-state index in [9.17, 15) is 15.0 Å². The lowest BCUT2D eigenvalue weighted by molar-refractivity contribution is 0.244. The molecule has 2 N–H and O–H groups in total. The van der Waals surface area contributed by atoms with E-state index in [1.54, 1.807) is 40.9 Å². The van der Waals surface area contributed by atoms with Crippen LogP contribution in [0.15, 0.2) is 63.9 Å². The Kier molecular flexibility index (Phi) is 9.25. The topological polar surface area (TPSA) is 118 Å². The molecule has 0 bridgehead atoms. The molecule has 0 atom stereocenters. The molecule has 3 aromatic heterocycles. The summed E-state index contributed by atoms with van der Waals surface area (Å²) in [6.07, 6.45) is 3.39. The largest absolute Gasteiger partial charge is 0.504 e. The fourth-order valence-corrected chi connectivity index (χ4v) is 6.16. The van der Waals surface area contributed by atoms with Crippen molar-refractivity contribution in [3.05, 3.63) is 65.1 Å². The van der Waals surface area contributed by atoms with Gasteiger partial charge in [0.05, 0.1) is 33.0 Å². The van der Waals surface area contributed by atoms with Gasteiger partial charge in [0.1, 0.15) is 11.1 Å². The second-order valence-corrected chi connectivity index (χ2v) is 12.3. The van der Waals surface area contributed by atoms with Gasteiger partial charge < -0.3 is 47.8 Å². The third-order valence-corrected chi connectivity index (χ3v) is 8.41. The fourth-order valence-electron chi connectivity index (χ4n) is 6.16. The molecule has 0 fully saturated rings. The van der Waals surface area contributed by atoms with Gasteiger partial charge >= 0.3 is 5.63 Å². The van der Waals surface area contributed by atoms with E-state index in [1.165, 1.54) is 14.2 Å².